The van der Waals surface area contributed by atoms with Crippen molar-refractivity contribution in [2.45, 2.75) is 6.92 Å². The molecule has 0 aliphatic heterocycles. The third-order valence-corrected chi connectivity index (χ3v) is 1.76. The molecule has 0 fully saturated rings. The first-order valence-corrected chi connectivity index (χ1v) is 4.19. The van der Waals surface area contributed by atoms with Crippen molar-refractivity contribution in [2.24, 2.45) is 0 Å². The fraction of sp³-hybridized carbons (Fsp3) is 0.182. The Hall–Kier alpha value is -1.64. The van der Waals surface area contributed by atoms with E-state index < -0.39 is 11.8 Å². The highest BCUT2D eigenvalue weighted by atomic mass is 19.1. The van der Waals surface area contributed by atoms with E-state index in [-0.39, 0.29) is 5.56 Å². The highest BCUT2D eigenvalue weighted by Gasteiger charge is 2.11. The van der Waals surface area contributed by atoms with E-state index in [1.54, 1.807) is 18.2 Å². The second-order valence-electron chi connectivity index (χ2n) is 2.73. The minimum atomic E-state index is -0.658. The van der Waals surface area contributed by atoms with E-state index in [0.717, 1.165) is 5.56 Å². The van der Waals surface area contributed by atoms with Crippen molar-refractivity contribution in [1.82, 2.24) is 0 Å². The van der Waals surface area contributed by atoms with Gasteiger partial charge in [0, 0.05) is 0 Å². The van der Waals surface area contributed by atoms with Gasteiger partial charge in [0.1, 0.15) is 5.82 Å². The van der Waals surface area contributed by atoms with Gasteiger partial charge in [0.05, 0.1) is 12.7 Å². The van der Waals surface area contributed by atoms with Crippen LogP contribution >= 0.6 is 0 Å². The van der Waals surface area contributed by atoms with Crippen molar-refractivity contribution in [1.29, 1.82) is 0 Å². The highest BCUT2D eigenvalue weighted by Crippen LogP contribution is 2.12. The number of esters is 1. The first kappa shape index (κ1) is 10.4. The van der Waals surface area contributed by atoms with E-state index in [9.17, 15) is 9.18 Å². The summed E-state index contributed by atoms with van der Waals surface area (Å²) in [6.45, 7) is 1.84. The molecule has 0 aliphatic rings. The van der Waals surface area contributed by atoms with Crippen molar-refractivity contribution < 1.29 is 13.9 Å². The molecular formula is C11H11FO2. The predicted molar refractivity (Wildman–Crippen MR) is 52.4 cm³/mol. The average molecular weight is 194 g/mol. The summed E-state index contributed by atoms with van der Waals surface area (Å²) in [4.78, 5) is 11.0. The summed E-state index contributed by atoms with van der Waals surface area (Å²) in [5.41, 5.74) is 0.679. The highest BCUT2D eigenvalue weighted by molar-refractivity contribution is 5.89. The van der Waals surface area contributed by atoms with Gasteiger partial charge in [-0.25, -0.2) is 9.18 Å². The van der Waals surface area contributed by atoms with E-state index in [4.69, 9.17) is 0 Å². The van der Waals surface area contributed by atoms with Gasteiger partial charge in [-0.15, -0.1) is 0 Å². The Labute approximate surface area is 82.0 Å². The first-order chi connectivity index (χ1) is 6.69. The standard InChI is InChI=1S/C11H11FO2/c1-3-4-8-5-6-9(10(12)7-8)11(13)14-2/h3-7H,1-2H3. The molecule has 0 bridgehead atoms. The van der Waals surface area contributed by atoms with E-state index in [1.165, 1.54) is 19.2 Å². The molecule has 1 aromatic rings. The van der Waals surface area contributed by atoms with Gasteiger partial charge in [-0.2, -0.15) is 0 Å². The van der Waals surface area contributed by atoms with Crippen LogP contribution in [0.1, 0.15) is 22.8 Å². The minimum absolute atomic E-state index is 0.0410. The second-order valence-corrected chi connectivity index (χ2v) is 2.73. The molecule has 0 unspecified atom stereocenters. The Balaban J connectivity index is 3.07. The molecular weight excluding hydrogens is 183 g/mol. The second kappa shape index (κ2) is 4.56. The minimum Gasteiger partial charge on any atom is -0.465 e. The third kappa shape index (κ3) is 2.19. The zero-order valence-electron chi connectivity index (χ0n) is 8.08. The monoisotopic (exact) mass is 194 g/mol. The fourth-order valence-electron chi connectivity index (χ4n) is 1.10. The summed E-state index contributed by atoms with van der Waals surface area (Å²) >= 11 is 0. The van der Waals surface area contributed by atoms with Crippen molar-refractivity contribution in [3.8, 4) is 0 Å². The number of halogens is 1. The maximum Gasteiger partial charge on any atom is 0.340 e. The predicted octanol–water partition coefficient (Wildman–Crippen LogP) is 2.65. The Kier molecular flexibility index (Phi) is 3.40. The molecule has 3 heteroatoms. The number of hydrogen-bond acceptors (Lipinski definition) is 2. The molecule has 1 aromatic carbocycles. The molecule has 0 N–H and O–H groups in total. The van der Waals surface area contributed by atoms with Crippen molar-refractivity contribution in [2.75, 3.05) is 7.11 Å². The summed E-state index contributed by atoms with van der Waals surface area (Å²) in [6.07, 6.45) is 3.55. The largest absolute Gasteiger partial charge is 0.465 e. The van der Waals surface area contributed by atoms with Gasteiger partial charge in [-0.1, -0.05) is 18.2 Å². The molecule has 0 heterocycles. The maximum atomic E-state index is 13.3. The van der Waals surface area contributed by atoms with Crippen LogP contribution in [0.15, 0.2) is 24.3 Å². The number of allylic oxidation sites excluding steroid dienone is 1. The summed E-state index contributed by atoms with van der Waals surface area (Å²) in [5.74, 6) is -1.22. The maximum absolute atomic E-state index is 13.3. The molecule has 0 spiro atoms. The molecule has 14 heavy (non-hydrogen) atoms. The quantitative estimate of drug-likeness (QED) is 0.676. The third-order valence-electron chi connectivity index (χ3n) is 1.76. The molecule has 74 valence electrons. The normalized spacial score (nSPS) is 10.5. The Bertz CT molecular complexity index is 370. The van der Waals surface area contributed by atoms with Gasteiger partial charge in [-0.3, -0.25) is 0 Å². The fourth-order valence-corrected chi connectivity index (χ4v) is 1.10. The Morgan fingerprint density at radius 1 is 1.50 bits per heavy atom. The van der Waals surface area contributed by atoms with E-state index in [1.807, 2.05) is 6.92 Å². The van der Waals surface area contributed by atoms with E-state index >= 15 is 0 Å². The van der Waals surface area contributed by atoms with Crippen LogP contribution in [0.4, 0.5) is 4.39 Å². The van der Waals surface area contributed by atoms with Crippen LogP contribution in [0, 0.1) is 5.82 Å². The molecule has 1 rings (SSSR count). The number of ether oxygens (including phenoxy) is 1. The summed E-state index contributed by atoms with van der Waals surface area (Å²) in [7, 11) is 1.22. The SMILES string of the molecule is CC=Cc1ccc(C(=O)OC)c(F)c1. The van der Waals surface area contributed by atoms with Crippen LogP contribution in [-0.4, -0.2) is 13.1 Å². The van der Waals surface area contributed by atoms with Gasteiger partial charge in [0.25, 0.3) is 0 Å². The lowest BCUT2D eigenvalue weighted by Crippen LogP contribution is -2.04. The Morgan fingerprint density at radius 3 is 2.71 bits per heavy atom. The first-order valence-electron chi connectivity index (χ1n) is 4.19. The summed E-state index contributed by atoms with van der Waals surface area (Å²) < 4.78 is 17.7. The van der Waals surface area contributed by atoms with Crippen LogP contribution < -0.4 is 0 Å². The van der Waals surface area contributed by atoms with Gasteiger partial charge in [-0.05, 0) is 24.6 Å². The van der Waals surface area contributed by atoms with Crippen LogP contribution in [0.5, 0.6) is 0 Å². The van der Waals surface area contributed by atoms with Gasteiger partial charge >= 0.3 is 5.97 Å². The zero-order chi connectivity index (χ0) is 10.6. The number of benzene rings is 1. The van der Waals surface area contributed by atoms with Crippen molar-refractivity contribution >= 4 is 12.0 Å². The van der Waals surface area contributed by atoms with Gasteiger partial charge in [0.2, 0.25) is 0 Å². The average Bonchev–Trinajstić information content (AvgIpc) is 2.17. The molecule has 2 nitrogen and oxygen atoms in total. The lowest BCUT2D eigenvalue weighted by Gasteiger charge is -2.01. The molecule has 0 radical (unpaired) electrons. The summed E-state index contributed by atoms with van der Waals surface area (Å²) in [5, 5.41) is 0. The van der Waals surface area contributed by atoms with Crippen molar-refractivity contribution in [3.05, 3.63) is 41.2 Å². The lowest BCUT2D eigenvalue weighted by atomic mass is 10.1. The molecule has 0 aromatic heterocycles. The number of carbonyl (C=O) groups excluding carboxylic acids is 1. The molecule has 0 aliphatic carbocycles. The van der Waals surface area contributed by atoms with Gasteiger partial charge < -0.3 is 4.74 Å². The van der Waals surface area contributed by atoms with Crippen LogP contribution in [0.3, 0.4) is 0 Å². The smallest absolute Gasteiger partial charge is 0.340 e. The van der Waals surface area contributed by atoms with E-state index in [2.05, 4.69) is 4.74 Å². The molecule has 0 saturated heterocycles. The van der Waals surface area contributed by atoms with Crippen LogP contribution in [0.25, 0.3) is 6.08 Å². The van der Waals surface area contributed by atoms with E-state index in [0.29, 0.717) is 0 Å². The number of methoxy groups -OCH3 is 1. The van der Waals surface area contributed by atoms with Crippen molar-refractivity contribution in [3.63, 3.8) is 0 Å². The topological polar surface area (TPSA) is 26.3 Å². The molecule has 0 amide bonds. The zero-order valence-corrected chi connectivity index (χ0v) is 8.08. The molecule has 0 saturated carbocycles. The lowest BCUT2D eigenvalue weighted by molar-refractivity contribution is 0.0595. The Morgan fingerprint density at radius 2 is 2.21 bits per heavy atom. The number of hydrogen-bond donors (Lipinski definition) is 0. The number of carbonyl (C=O) groups is 1. The van der Waals surface area contributed by atoms with Crippen LogP contribution in [-0.2, 0) is 4.74 Å². The van der Waals surface area contributed by atoms with Gasteiger partial charge in [0.15, 0.2) is 0 Å². The molecule has 0 atom stereocenters. The van der Waals surface area contributed by atoms with Crippen LogP contribution in [0.2, 0.25) is 0 Å². The summed E-state index contributed by atoms with van der Waals surface area (Å²) in [6, 6.07) is 4.37. The number of rotatable bonds is 2.